The minimum Gasteiger partial charge on any atom is -0.439 e. The summed E-state index contributed by atoms with van der Waals surface area (Å²) in [6, 6.07) is 8.82. The summed E-state index contributed by atoms with van der Waals surface area (Å²) < 4.78 is 43.2. The van der Waals surface area contributed by atoms with E-state index in [-0.39, 0.29) is 42.6 Å². The molecule has 0 radical (unpaired) electrons. The Bertz CT molecular complexity index is 796. The number of rotatable bonds is 6. The summed E-state index contributed by atoms with van der Waals surface area (Å²) in [4.78, 5) is 18.4. The minimum atomic E-state index is -4.44. The number of aromatic nitrogens is 1. The summed E-state index contributed by atoms with van der Waals surface area (Å²) in [7, 11) is 0. The molecule has 166 valence electrons. The van der Waals surface area contributed by atoms with Crippen LogP contribution in [0, 0.1) is 0 Å². The van der Waals surface area contributed by atoms with Crippen molar-refractivity contribution in [2.45, 2.75) is 32.0 Å². The third-order valence-electron chi connectivity index (χ3n) is 4.59. The van der Waals surface area contributed by atoms with Gasteiger partial charge in [0.25, 0.3) is 5.91 Å². The number of hydrogen-bond donors (Lipinski definition) is 1. The SMILES string of the molecule is CCCN(C(=O)c1ccc(Oc2ccc(C(F)(F)F)cn2)cc1)C1CCNC1.Cl.Cl. The lowest BCUT2D eigenvalue weighted by molar-refractivity contribution is -0.137. The van der Waals surface area contributed by atoms with E-state index in [1.807, 2.05) is 11.8 Å². The molecule has 1 N–H and O–H groups in total. The van der Waals surface area contributed by atoms with Gasteiger partial charge in [0, 0.05) is 37.0 Å². The maximum atomic E-state index is 12.9. The van der Waals surface area contributed by atoms with Crippen LogP contribution >= 0.6 is 24.8 Å². The highest BCUT2D eigenvalue weighted by molar-refractivity contribution is 5.94. The van der Waals surface area contributed by atoms with Gasteiger partial charge in [0.05, 0.1) is 5.56 Å². The Labute approximate surface area is 185 Å². The molecule has 1 aliphatic heterocycles. The van der Waals surface area contributed by atoms with Gasteiger partial charge in [-0.1, -0.05) is 6.92 Å². The zero-order valence-electron chi connectivity index (χ0n) is 16.3. The number of pyridine rings is 1. The lowest BCUT2D eigenvalue weighted by Crippen LogP contribution is -2.42. The Hall–Kier alpha value is -2.03. The fraction of sp³-hybridized carbons (Fsp3) is 0.400. The predicted octanol–water partition coefficient (Wildman–Crippen LogP) is 4.95. The lowest BCUT2D eigenvalue weighted by Gasteiger charge is -2.28. The monoisotopic (exact) mass is 465 g/mol. The molecule has 30 heavy (non-hydrogen) atoms. The van der Waals surface area contributed by atoms with Crippen molar-refractivity contribution in [1.82, 2.24) is 15.2 Å². The molecule has 1 aromatic heterocycles. The van der Waals surface area contributed by atoms with Gasteiger partial charge in [0.2, 0.25) is 5.88 Å². The summed E-state index contributed by atoms with van der Waals surface area (Å²) in [6.45, 7) is 4.44. The molecule has 1 saturated heterocycles. The summed E-state index contributed by atoms with van der Waals surface area (Å²) in [5.41, 5.74) is -0.286. The number of hydrogen-bond acceptors (Lipinski definition) is 4. The van der Waals surface area contributed by atoms with Crippen LogP contribution in [-0.4, -0.2) is 41.5 Å². The first-order valence-corrected chi connectivity index (χ1v) is 9.21. The van der Waals surface area contributed by atoms with Crippen molar-refractivity contribution in [3.05, 3.63) is 53.7 Å². The zero-order valence-corrected chi connectivity index (χ0v) is 17.9. The molecule has 10 heteroatoms. The predicted molar refractivity (Wildman–Crippen MR) is 113 cm³/mol. The zero-order chi connectivity index (χ0) is 20.1. The molecule has 1 fully saturated rings. The van der Waals surface area contributed by atoms with Crippen LogP contribution in [0.5, 0.6) is 11.6 Å². The van der Waals surface area contributed by atoms with Crippen molar-refractivity contribution in [3.63, 3.8) is 0 Å². The second-order valence-electron chi connectivity index (χ2n) is 6.65. The van der Waals surface area contributed by atoms with E-state index in [4.69, 9.17) is 4.74 Å². The molecule has 2 aromatic rings. The number of nitrogens with zero attached hydrogens (tertiary/aromatic N) is 2. The van der Waals surface area contributed by atoms with Crippen molar-refractivity contribution >= 4 is 30.7 Å². The number of nitrogens with one attached hydrogen (secondary N) is 1. The number of amides is 1. The van der Waals surface area contributed by atoms with Crippen molar-refractivity contribution in [2.24, 2.45) is 0 Å². The standard InChI is InChI=1S/C20H22F3N3O2.2ClH/c1-2-11-26(16-9-10-24-13-16)19(27)14-3-6-17(7-4-14)28-18-8-5-15(12-25-18)20(21,22)23;;/h3-8,12,16,24H,2,9-11,13H2,1H3;2*1H. The maximum absolute atomic E-state index is 12.9. The van der Waals surface area contributed by atoms with Crippen LogP contribution in [0.25, 0.3) is 0 Å². The third kappa shape index (κ3) is 6.48. The average molecular weight is 466 g/mol. The highest BCUT2D eigenvalue weighted by Crippen LogP contribution is 2.30. The number of halogens is 5. The van der Waals surface area contributed by atoms with Crippen LogP contribution in [0.4, 0.5) is 13.2 Å². The molecule has 0 saturated carbocycles. The highest BCUT2D eigenvalue weighted by atomic mass is 35.5. The van der Waals surface area contributed by atoms with Crippen molar-refractivity contribution in [3.8, 4) is 11.6 Å². The van der Waals surface area contributed by atoms with Crippen LogP contribution in [0.3, 0.4) is 0 Å². The van der Waals surface area contributed by atoms with Gasteiger partial charge in [-0.25, -0.2) is 4.98 Å². The van der Waals surface area contributed by atoms with Gasteiger partial charge in [0.1, 0.15) is 5.75 Å². The maximum Gasteiger partial charge on any atom is 0.417 e. The van der Waals surface area contributed by atoms with Crippen LogP contribution in [0.15, 0.2) is 42.6 Å². The van der Waals surface area contributed by atoms with Crippen molar-refractivity contribution in [2.75, 3.05) is 19.6 Å². The summed E-state index contributed by atoms with van der Waals surface area (Å²) >= 11 is 0. The van der Waals surface area contributed by atoms with Gasteiger partial charge in [-0.2, -0.15) is 13.2 Å². The molecule has 0 bridgehead atoms. The van der Waals surface area contributed by atoms with E-state index in [1.54, 1.807) is 24.3 Å². The molecule has 0 spiro atoms. The van der Waals surface area contributed by atoms with E-state index in [9.17, 15) is 18.0 Å². The smallest absolute Gasteiger partial charge is 0.417 e. The number of carbonyl (C=O) groups is 1. The van der Waals surface area contributed by atoms with Crippen molar-refractivity contribution in [1.29, 1.82) is 0 Å². The van der Waals surface area contributed by atoms with Gasteiger partial charge in [-0.3, -0.25) is 4.79 Å². The average Bonchev–Trinajstić information content (AvgIpc) is 3.20. The minimum absolute atomic E-state index is 0. The molecular formula is C20H24Cl2F3N3O2. The number of benzene rings is 1. The Morgan fingerprint density at radius 3 is 2.40 bits per heavy atom. The van der Waals surface area contributed by atoms with Gasteiger partial charge >= 0.3 is 6.18 Å². The van der Waals surface area contributed by atoms with Gasteiger partial charge in [-0.05, 0) is 49.7 Å². The number of alkyl halides is 3. The molecular weight excluding hydrogens is 442 g/mol. The molecule has 1 amide bonds. The quantitative estimate of drug-likeness (QED) is 0.655. The summed E-state index contributed by atoms with van der Waals surface area (Å²) in [6.07, 6.45) is -1.90. The van der Waals surface area contributed by atoms with Crippen LogP contribution in [0.2, 0.25) is 0 Å². The molecule has 1 atom stereocenters. The Morgan fingerprint density at radius 2 is 1.90 bits per heavy atom. The van der Waals surface area contributed by atoms with E-state index >= 15 is 0 Å². The fourth-order valence-electron chi connectivity index (χ4n) is 3.16. The Balaban J connectivity index is 0.00000225. The number of ether oxygens (including phenoxy) is 1. The summed E-state index contributed by atoms with van der Waals surface area (Å²) in [5, 5.41) is 3.28. The second kappa shape index (κ2) is 11.4. The van der Waals surface area contributed by atoms with E-state index in [0.29, 0.717) is 17.9 Å². The molecule has 1 aliphatic rings. The van der Waals surface area contributed by atoms with E-state index in [2.05, 4.69) is 10.3 Å². The van der Waals surface area contributed by atoms with Gasteiger partial charge in [0.15, 0.2) is 0 Å². The Kier molecular flexibility index (Phi) is 9.87. The lowest BCUT2D eigenvalue weighted by atomic mass is 10.1. The topological polar surface area (TPSA) is 54.5 Å². The van der Waals surface area contributed by atoms with Crippen LogP contribution in [-0.2, 0) is 6.18 Å². The first-order valence-electron chi connectivity index (χ1n) is 9.21. The molecule has 3 rings (SSSR count). The largest absolute Gasteiger partial charge is 0.439 e. The Morgan fingerprint density at radius 1 is 1.20 bits per heavy atom. The third-order valence-corrected chi connectivity index (χ3v) is 4.59. The van der Waals surface area contributed by atoms with Crippen LogP contribution in [0.1, 0.15) is 35.7 Å². The molecule has 2 heterocycles. The first kappa shape index (κ1) is 26.0. The van der Waals surface area contributed by atoms with Crippen molar-refractivity contribution < 1.29 is 22.7 Å². The van der Waals surface area contributed by atoms with E-state index in [1.165, 1.54) is 0 Å². The van der Waals surface area contributed by atoms with Crippen LogP contribution < -0.4 is 10.1 Å². The molecule has 0 aliphatic carbocycles. The first-order chi connectivity index (χ1) is 13.4. The molecule has 5 nitrogen and oxygen atoms in total. The summed E-state index contributed by atoms with van der Waals surface area (Å²) in [5.74, 6) is 0.417. The van der Waals surface area contributed by atoms with Gasteiger partial charge in [-0.15, -0.1) is 24.8 Å². The van der Waals surface area contributed by atoms with E-state index < -0.39 is 11.7 Å². The second-order valence-corrected chi connectivity index (χ2v) is 6.65. The normalized spacial score (nSPS) is 15.7. The van der Waals surface area contributed by atoms with Gasteiger partial charge < -0.3 is 15.0 Å². The number of carbonyl (C=O) groups excluding carboxylic acids is 1. The molecule has 1 aromatic carbocycles. The van der Waals surface area contributed by atoms with E-state index in [0.717, 1.165) is 44.3 Å². The highest BCUT2D eigenvalue weighted by Gasteiger charge is 2.31. The fourth-order valence-corrected chi connectivity index (χ4v) is 3.16. The molecule has 1 unspecified atom stereocenters.